The first-order valence-electron chi connectivity index (χ1n) is 10.0. The minimum Gasteiger partial charge on any atom is -0.383 e. The molecule has 0 atom stereocenters. The lowest BCUT2D eigenvalue weighted by atomic mass is 9.66. The molecule has 0 unspecified atom stereocenters. The van der Waals surface area contributed by atoms with E-state index in [0.717, 1.165) is 38.5 Å². The smallest absolute Gasteiger partial charge is 0.0385 e. The second-order valence-electron chi connectivity index (χ2n) is 12.0. The van der Waals surface area contributed by atoms with E-state index in [-0.39, 0.29) is 21.8 Å². The maximum Gasteiger partial charge on any atom is 0.0385 e. The van der Waals surface area contributed by atoms with Crippen LogP contribution in [0.25, 0.3) is 0 Å². The summed E-state index contributed by atoms with van der Waals surface area (Å²) in [4.78, 5) is 0. The Morgan fingerprint density at radius 2 is 1.04 bits per heavy atom. The van der Waals surface area contributed by atoms with Gasteiger partial charge in [0.2, 0.25) is 0 Å². The molecular formula is C24H47N. The van der Waals surface area contributed by atoms with Gasteiger partial charge in [-0.2, -0.15) is 0 Å². The van der Waals surface area contributed by atoms with Gasteiger partial charge in [-0.1, -0.05) is 74.5 Å². The van der Waals surface area contributed by atoms with E-state index in [1.54, 1.807) is 0 Å². The van der Waals surface area contributed by atoms with Gasteiger partial charge >= 0.3 is 0 Å². The Morgan fingerprint density at radius 1 is 0.680 bits per heavy atom. The molecule has 0 aliphatic heterocycles. The lowest BCUT2D eigenvalue weighted by Crippen LogP contribution is -2.51. The standard InChI is InChI=1S/C24H47N/c1-19(2)14-13-15-20(3)25-24(16-21(4,5)6,17-22(7,8)9)18-23(10,11)12/h25H,1,3,13-18H2,2,4-12H3. The molecule has 1 heteroatoms. The molecule has 0 spiro atoms. The second-order valence-corrected chi connectivity index (χ2v) is 12.0. The highest BCUT2D eigenvalue weighted by atomic mass is 15.0. The summed E-state index contributed by atoms with van der Waals surface area (Å²) in [7, 11) is 0. The summed E-state index contributed by atoms with van der Waals surface area (Å²) in [6.07, 6.45) is 6.74. The predicted molar refractivity (Wildman–Crippen MR) is 116 cm³/mol. The molecule has 25 heavy (non-hydrogen) atoms. The number of nitrogens with one attached hydrogen (secondary N) is 1. The Morgan fingerprint density at radius 3 is 1.32 bits per heavy atom. The third kappa shape index (κ3) is 13.2. The van der Waals surface area contributed by atoms with Crippen molar-refractivity contribution in [1.29, 1.82) is 0 Å². The average Bonchev–Trinajstić information content (AvgIpc) is 2.18. The molecule has 0 radical (unpaired) electrons. The van der Waals surface area contributed by atoms with Crippen molar-refractivity contribution in [2.45, 2.75) is 113 Å². The monoisotopic (exact) mass is 349 g/mol. The third-order valence-electron chi connectivity index (χ3n) is 4.13. The van der Waals surface area contributed by atoms with Crippen LogP contribution in [-0.4, -0.2) is 5.54 Å². The summed E-state index contributed by atoms with van der Waals surface area (Å²) in [5.41, 5.74) is 3.39. The zero-order valence-corrected chi connectivity index (χ0v) is 19.2. The van der Waals surface area contributed by atoms with Crippen LogP contribution in [0.15, 0.2) is 24.4 Å². The fourth-order valence-electron chi connectivity index (χ4n) is 4.41. The number of hydrogen-bond donors (Lipinski definition) is 1. The van der Waals surface area contributed by atoms with E-state index >= 15 is 0 Å². The average molecular weight is 350 g/mol. The predicted octanol–water partition coefficient (Wildman–Crippen LogP) is 7.88. The maximum atomic E-state index is 4.39. The molecule has 1 nitrogen and oxygen atoms in total. The highest BCUT2D eigenvalue weighted by molar-refractivity contribution is 5.06. The number of allylic oxidation sites excluding steroid dienone is 2. The van der Waals surface area contributed by atoms with Crippen LogP contribution in [0, 0.1) is 16.2 Å². The molecule has 0 saturated carbocycles. The number of rotatable bonds is 9. The SMILES string of the molecule is C=C(C)CCCC(=C)NC(CC(C)(C)C)(CC(C)(C)C)CC(C)(C)C. The Balaban J connectivity index is 5.49. The zero-order valence-electron chi connectivity index (χ0n) is 19.2. The summed E-state index contributed by atoms with van der Waals surface area (Å²) in [6, 6.07) is 0. The lowest BCUT2D eigenvalue weighted by Gasteiger charge is -2.47. The summed E-state index contributed by atoms with van der Waals surface area (Å²) in [5, 5.41) is 3.95. The molecule has 0 aliphatic carbocycles. The van der Waals surface area contributed by atoms with E-state index in [4.69, 9.17) is 0 Å². The molecular weight excluding hydrogens is 302 g/mol. The molecule has 0 aromatic carbocycles. The van der Waals surface area contributed by atoms with Gasteiger partial charge in [0.1, 0.15) is 0 Å². The topological polar surface area (TPSA) is 12.0 Å². The van der Waals surface area contributed by atoms with Crippen molar-refractivity contribution in [2.24, 2.45) is 16.2 Å². The van der Waals surface area contributed by atoms with E-state index in [2.05, 4.69) is 87.7 Å². The molecule has 1 N–H and O–H groups in total. The van der Waals surface area contributed by atoms with E-state index in [0.29, 0.717) is 0 Å². The molecule has 0 aromatic heterocycles. The Kier molecular flexibility index (Phi) is 8.53. The lowest BCUT2D eigenvalue weighted by molar-refractivity contribution is 0.107. The van der Waals surface area contributed by atoms with E-state index < -0.39 is 0 Å². The third-order valence-corrected chi connectivity index (χ3v) is 4.13. The van der Waals surface area contributed by atoms with Crippen molar-refractivity contribution >= 4 is 0 Å². The van der Waals surface area contributed by atoms with Crippen LogP contribution >= 0.6 is 0 Å². The molecule has 0 heterocycles. The van der Waals surface area contributed by atoms with Gasteiger partial charge in [0.25, 0.3) is 0 Å². The summed E-state index contributed by atoms with van der Waals surface area (Å²) < 4.78 is 0. The van der Waals surface area contributed by atoms with Crippen LogP contribution in [0.2, 0.25) is 0 Å². The largest absolute Gasteiger partial charge is 0.383 e. The van der Waals surface area contributed by atoms with Crippen LogP contribution in [0.1, 0.15) is 108 Å². The Labute approximate surface area is 159 Å². The Bertz CT molecular complexity index is 393. The fourth-order valence-corrected chi connectivity index (χ4v) is 4.41. The highest BCUT2D eigenvalue weighted by Gasteiger charge is 2.40. The van der Waals surface area contributed by atoms with Gasteiger partial charge in [-0.3, -0.25) is 0 Å². The quantitative estimate of drug-likeness (QED) is 0.417. The van der Waals surface area contributed by atoms with Crippen molar-refractivity contribution in [3.8, 4) is 0 Å². The number of hydrogen-bond acceptors (Lipinski definition) is 1. The minimum atomic E-state index is 0.0923. The van der Waals surface area contributed by atoms with Gasteiger partial charge in [0.15, 0.2) is 0 Å². The van der Waals surface area contributed by atoms with E-state index in [1.807, 2.05) is 0 Å². The summed E-state index contributed by atoms with van der Waals surface area (Å²) >= 11 is 0. The van der Waals surface area contributed by atoms with Crippen molar-refractivity contribution in [2.75, 3.05) is 0 Å². The van der Waals surface area contributed by atoms with Crippen LogP contribution in [0.4, 0.5) is 0 Å². The molecule has 0 bridgehead atoms. The molecule has 0 rings (SSSR count). The second kappa shape index (κ2) is 8.78. The first kappa shape index (κ1) is 24.3. The van der Waals surface area contributed by atoms with Gasteiger partial charge in [-0.15, -0.1) is 6.58 Å². The molecule has 0 amide bonds. The van der Waals surface area contributed by atoms with Crippen molar-refractivity contribution < 1.29 is 0 Å². The normalized spacial score (nSPS) is 13.7. The minimum absolute atomic E-state index is 0.0923. The van der Waals surface area contributed by atoms with Crippen molar-refractivity contribution in [3.05, 3.63) is 24.4 Å². The molecule has 0 saturated heterocycles. The Hall–Kier alpha value is -0.720. The van der Waals surface area contributed by atoms with E-state index in [1.165, 1.54) is 11.3 Å². The first-order valence-corrected chi connectivity index (χ1v) is 10.0. The summed E-state index contributed by atoms with van der Waals surface area (Å²) in [5.74, 6) is 0. The summed E-state index contributed by atoms with van der Waals surface area (Å²) in [6.45, 7) is 31.8. The van der Waals surface area contributed by atoms with Crippen LogP contribution < -0.4 is 5.32 Å². The van der Waals surface area contributed by atoms with Crippen LogP contribution in [0.5, 0.6) is 0 Å². The van der Waals surface area contributed by atoms with Gasteiger partial charge in [0, 0.05) is 11.2 Å². The van der Waals surface area contributed by atoms with E-state index in [9.17, 15) is 0 Å². The zero-order chi connectivity index (χ0) is 20.1. The van der Waals surface area contributed by atoms with Gasteiger partial charge < -0.3 is 5.32 Å². The molecule has 0 aromatic rings. The molecule has 0 aliphatic rings. The maximum absolute atomic E-state index is 4.39. The van der Waals surface area contributed by atoms with Crippen molar-refractivity contribution in [1.82, 2.24) is 5.32 Å². The van der Waals surface area contributed by atoms with Gasteiger partial charge in [0.05, 0.1) is 0 Å². The van der Waals surface area contributed by atoms with Crippen LogP contribution in [0.3, 0.4) is 0 Å². The molecule has 0 fully saturated rings. The molecule has 148 valence electrons. The fraction of sp³-hybridized carbons (Fsp3) is 0.833. The van der Waals surface area contributed by atoms with Gasteiger partial charge in [-0.25, -0.2) is 0 Å². The first-order chi connectivity index (χ1) is 10.9. The van der Waals surface area contributed by atoms with Crippen molar-refractivity contribution in [3.63, 3.8) is 0 Å². The van der Waals surface area contributed by atoms with Gasteiger partial charge in [-0.05, 0) is 61.7 Å². The highest BCUT2D eigenvalue weighted by Crippen LogP contribution is 2.43. The van der Waals surface area contributed by atoms with Crippen LogP contribution in [-0.2, 0) is 0 Å².